The molecular formula is C34H58O6. The molecule has 0 bridgehead atoms. The molecular weight excluding hydrogens is 504 g/mol. The summed E-state index contributed by atoms with van der Waals surface area (Å²) in [6.07, 6.45) is 8.56. The minimum atomic E-state index is -1.40. The maximum atomic E-state index is 10.5. The highest BCUT2D eigenvalue weighted by Gasteiger charge is 2.59. The van der Waals surface area contributed by atoms with Crippen LogP contribution >= 0.6 is 0 Å². The second-order valence-electron chi connectivity index (χ2n) is 15.5. The number of allylic oxidation sites excluding steroid dienone is 1. The molecule has 0 amide bonds. The van der Waals surface area contributed by atoms with E-state index >= 15 is 0 Å². The molecule has 5 rings (SSSR count). The normalized spacial score (nSPS) is 48.6. The molecule has 40 heavy (non-hydrogen) atoms. The smallest absolute Gasteiger partial charge is 0.186 e. The van der Waals surface area contributed by atoms with Gasteiger partial charge in [-0.25, -0.2) is 0 Å². The van der Waals surface area contributed by atoms with Crippen LogP contribution in [0.15, 0.2) is 11.6 Å². The van der Waals surface area contributed by atoms with Gasteiger partial charge in [0.25, 0.3) is 0 Å². The van der Waals surface area contributed by atoms with Crippen molar-refractivity contribution in [1.29, 1.82) is 0 Å². The Hall–Kier alpha value is -0.500. The zero-order chi connectivity index (χ0) is 29.0. The molecule has 0 spiro atoms. The molecule has 0 aromatic carbocycles. The van der Waals surface area contributed by atoms with Crippen LogP contribution in [-0.4, -0.2) is 63.8 Å². The van der Waals surface area contributed by atoms with Crippen LogP contribution in [0, 0.1) is 52.3 Å². The van der Waals surface area contributed by atoms with Crippen LogP contribution in [0.1, 0.15) is 106 Å². The fraction of sp³-hybridized carbons (Fsp3) is 0.941. The average Bonchev–Trinajstić information content (AvgIpc) is 3.29. The molecule has 6 heteroatoms. The zero-order valence-electron chi connectivity index (χ0n) is 26.0. The summed E-state index contributed by atoms with van der Waals surface area (Å²) in [4.78, 5) is 0. The largest absolute Gasteiger partial charge is 0.394 e. The number of aliphatic hydroxyl groups excluding tert-OH is 4. The molecule has 4 fully saturated rings. The van der Waals surface area contributed by atoms with Gasteiger partial charge < -0.3 is 29.9 Å². The standard InChI is InChI=1S/C34H58O6/c1-19(2)20(3)7-8-21(4)25-11-12-26-24-10-9-22-17-23(13-15-33(22,5)27(24)14-16-34(25,26)6)39-32-31(38)30(37)29(36)28(18-35)40-32/h9,19-21,23-32,35-38H,7-8,10-18H2,1-6H3. The fourth-order valence-electron chi connectivity index (χ4n) is 10.1. The van der Waals surface area contributed by atoms with E-state index in [4.69, 9.17) is 9.47 Å². The minimum Gasteiger partial charge on any atom is -0.394 e. The highest BCUT2D eigenvalue weighted by atomic mass is 16.7. The number of fused-ring (bicyclic) bond motifs is 5. The first kappa shape index (κ1) is 30.9. The third-order valence-electron chi connectivity index (χ3n) is 13.2. The van der Waals surface area contributed by atoms with Crippen molar-refractivity contribution in [3.8, 4) is 0 Å². The molecule has 0 radical (unpaired) electrons. The van der Waals surface area contributed by atoms with Crippen molar-refractivity contribution in [2.24, 2.45) is 52.3 Å². The SMILES string of the molecule is CC(C)C(C)CCC(C)C1CCC2C3CC=C4CC(OC5OC(CO)C(O)C(O)C5O)CCC4(C)C3CCC12C. The third-order valence-corrected chi connectivity index (χ3v) is 13.2. The van der Waals surface area contributed by atoms with E-state index in [-0.39, 0.29) is 11.5 Å². The van der Waals surface area contributed by atoms with E-state index in [1.54, 1.807) is 0 Å². The monoisotopic (exact) mass is 562 g/mol. The van der Waals surface area contributed by atoms with E-state index in [1.165, 1.54) is 50.5 Å². The summed E-state index contributed by atoms with van der Waals surface area (Å²) >= 11 is 0. The van der Waals surface area contributed by atoms with Crippen molar-refractivity contribution >= 4 is 0 Å². The maximum absolute atomic E-state index is 10.5. The number of ether oxygens (including phenoxy) is 2. The van der Waals surface area contributed by atoms with Gasteiger partial charge in [0.05, 0.1) is 12.7 Å². The summed E-state index contributed by atoms with van der Waals surface area (Å²) in [7, 11) is 0. The molecule has 4 aliphatic carbocycles. The van der Waals surface area contributed by atoms with E-state index < -0.39 is 37.3 Å². The lowest BCUT2D eigenvalue weighted by molar-refractivity contribution is -0.313. The van der Waals surface area contributed by atoms with Crippen LogP contribution in [-0.2, 0) is 9.47 Å². The summed E-state index contributed by atoms with van der Waals surface area (Å²) < 4.78 is 11.9. The Balaban J connectivity index is 1.24. The molecule has 0 aromatic rings. The molecule has 0 aromatic heterocycles. The highest BCUT2D eigenvalue weighted by Crippen LogP contribution is 2.67. The minimum absolute atomic E-state index is 0.101. The Morgan fingerprint density at radius 3 is 2.38 bits per heavy atom. The summed E-state index contributed by atoms with van der Waals surface area (Å²) in [5, 5.41) is 40.3. The van der Waals surface area contributed by atoms with E-state index in [1.807, 2.05) is 0 Å². The molecule has 230 valence electrons. The molecule has 14 atom stereocenters. The molecule has 14 unspecified atom stereocenters. The number of aliphatic hydroxyl groups is 4. The third kappa shape index (κ3) is 5.36. The Bertz CT molecular complexity index is 903. The lowest BCUT2D eigenvalue weighted by Gasteiger charge is -2.58. The zero-order valence-corrected chi connectivity index (χ0v) is 26.0. The molecule has 3 saturated carbocycles. The summed E-state index contributed by atoms with van der Waals surface area (Å²) in [6.45, 7) is 14.4. The van der Waals surface area contributed by atoms with Crippen molar-refractivity contribution in [3.05, 3.63) is 11.6 Å². The molecule has 6 nitrogen and oxygen atoms in total. The lowest BCUT2D eigenvalue weighted by atomic mass is 9.47. The Labute approximate surface area is 242 Å². The second-order valence-corrected chi connectivity index (χ2v) is 15.5. The fourth-order valence-corrected chi connectivity index (χ4v) is 10.1. The van der Waals surface area contributed by atoms with E-state index in [0.29, 0.717) is 5.41 Å². The molecule has 1 heterocycles. The molecule has 4 N–H and O–H groups in total. The summed E-state index contributed by atoms with van der Waals surface area (Å²) in [5.41, 5.74) is 2.19. The Kier molecular flexibility index (Phi) is 9.19. The van der Waals surface area contributed by atoms with Gasteiger partial charge in [0, 0.05) is 0 Å². The Morgan fingerprint density at radius 2 is 1.68 bits per heavy atom. The van der Waals surface area contributed by atoms with Crippen LogP contribution < -0.4 is 0 Å². The van der Waals surface area contributed by atoms with Gasteiger partial charge in [0.2, 0.25) is 0 Å². The Morgan fingerprint density at radius 1 is 0.925 bits per heavy atom. The van der Waals surface area contributed by atoms with E-state index in [9.17, 15) is 20.4 Å². The van der Waals surface area contributed by atoms with Gasteiger partial charge >= 0.3 is 0 Å². The lowest BCUT2D eigenvalue weighted by Crippen LogP contribution is -2.60. The molecule has 5 aliphatic rings. The first-order valence-corrected chi connectivity index (χ1v) is 16.6. The van der Waals surface area contributed by atoms with Crippen LogP contribution in [0.2, 0.25) is 0 Å². The van der Waals surface area contributed by atoms with Crippen molar-refractivity contribution in [2.75, 3.05) is 6.61 Å². The maximum Gasteiger partial charge on any atom is 0.186 e. The highest BCUT2D eigenvalue weighted by molar-refractivity contribution is 5.25. The summed E-state index contributed by atoms with van der Waals surface area (Å²) in [6, 6.07) is 0. The van der Waals surface area contributed by atoms with Crippen LogP contribution in [0.3, 0.4) is 0 Å². The predicted octanol–water partition coefficient (Wildman–Crippen LogP) is 5.46. The van der Waals surface area contributed by atoms with Gasteiger partial charge in [-0.3, -0.25) is 0 Å². The topological polar surface area (TPSA) is 99.4 Å². The number of hydrogen-bond acceptors (Lipinski definition) is 6. The first-order valence-electron chi connectivity index (χ1n) is 16.6. The van der Waals surface area contributed by atoms with Gasteiger partial charge in [-0.15, -0.1) is 0 Å². The first-order chi connectivity index (χ1) is 18.9. The van der Waals surface area contributed by atoms with Gasteiger partial charge in [-0.05, 0) is 104 Å². The van der Waals surface area contributed by atoms with Crippen molar-refractivity contribution < 1.29 is 29.9 Å². The van der Waals surface area contributed by atoms with Gasteiger partial charge in [0.15, 0.2) is 6.29 Å². The van der Waals surface area contributed by atoms with Crippen LogP contribution in [0.4, 0.5) is 0 Å². The van der Waals surface area contributed by atoms with Crippen molar-refractivity contribution in [2.45, 2.75) is 143 Å². The number of hydrogen-bond donors (Lipinski definition) is 4. The van der Waals surface area contributed by atoms with Crippen LogP contribution in [0.25, 0.3) is 0 Å². The van der Waals surface area contributed by atoms with Crippen molar-refractivity contribution in [1.82, 2.24) is 0 Å². The number of rotatable bonds is 8. The van der Waals surface area contributed by atoms with E-state index in [2.05, 4.69) is 47.6 Å². The predicted molar refractivity (Wildman–Crippen MR) is 156 cm³/mol. The van der Waals surface area contributed by atoms with Crippen molar-refractivity contribution in [3.63, 3.8) is 0 Å². The van der Waals surface area contributed by atoms with Gasteiger partial charge in [0.1, 0.15) is 24.4 Å². The quantitative estimate of drug-likeness (QED) is 0.293. The van der Waals surface area contributed by atoms with Crippen LogP contribution in [0.5, 0.6) is 0 Å². The second kappa shape index (κ2) is 11.9. The molecule has 1 saturated heterocycles. The van der Waals surface area contributed by atoms with Gasteiger partial charge in [-0.1, -0.05) is 66.0 Å². The average molecular weight is 563 g/mol. The summed E-state index contributed by atoms with van der Waals surface area (Å²) in [5.74, 6) is 5.60. The molecule has 1 aliphatic heterocycles. The van der Waals surface area contributed by atoms with E-state index in [0.717, 1.165) is 60.7 Å². The van der Waals surface area contributed by atoms with Gasteiger partial charge in [-0.2, -0.15) is 0 Å².